The Balaban J connectivity index is 1.71. The van der Waals surface area contributed by atoms with Crippen LogP contribution in [0.3, 0.4) is 0 Å². The van der Waals surface area contributed by atoms with Crippen LogP contribution in [0.1, 0.15) is 48.3 Å². The summed E-state index contributed by atoms with van der Waals surface area (Å²) in [5, 5.41) is 4.94. The van der Waals surface area contributed by atoms with Crippen LogP contribution in [-0.2, 0) is 7.05 Å². The van der Waals surface area contributed by atoms with Gasteiger partial charge in [0.2, 0.25) is 11.2 Å². The maximum absolute atomic E-state index is 14.1. The van der Waals surface area contributed by atoms with Crippen molar-refractivity contribution in [2.24, 2.45) is 7.05 Å². The van der Waals surface area contributed by atoms with Gasteiger partial charge in [0.1, 0.15) is 24.0 Å². The average Bonchev–Trinajstić information content (AvgIpc) is 3.48. The highest BCUT2D eigenvalue weighted by Crippen LogP contribution is 2.42. The van der Waals surface area contributed by atoms with Gasteiger partial charge in [-0.25, -0.2) is 4.39 Å². The molecule has 184 valence electrons. The van der Waals surface area contributed by atoms with Gasteiger partial charge in [0.05, 0.1) is 13.6 Å². The smallest absolute Gasteiger partial charge is 0.217 e. The van der Waals surface area contributed by atoms with Crippen LogP contribution in [-0.4, -0.2) is 8.07 Å². The number of pyridine rings is 1. The van der Waals surface area contributed by atoms with Crippen molar-refractivity contribution < 1.29 is 13.4 Å². The molecule has 4 heteroatoms. The number of nitrogens with zero attached hydrogens (tertiary/aromatic N) is 1. The highest BCUT2D eigenvalue weighted by molar-refractivity contribution is 6.88. The Labute approximate surface area is 213 Å². The molecule has 1 aliphatic rings. The molecule has 3 aromatic carbocycles. The van der Waals surface area contributed by atoms with E-state index in [0.717, 1.165) is 21.9 Å². The standard InChI is InChI=1S/C32H35FNOSi/c1-19-15-27-24-13-11-22(33)16-30(24)35-32(27)31(20(19)2)29-18-25(21-9-7-8-10-21)26-17-23(36(4,5)6)12-14-28(26)34(29)3/h11-18,21H,7-10H2,1-6H3/q+1. The van der Waals surface area contributed by atoms with Gasteiger partial charge in [-0.1, -0.05) is 43.7 Å². The Bertz CT molecular complexity index is 1670. The lowest BCUT2D eigenvalue weighted by Gasteiger charge is -2.20. The van der Waals surface area contributed by atoms with Gasteiger partial charge in [-0.3, -0.25) is 0 Å². The fraction of sp³-hybridized carbons (Fsp3) is 0.344. The second-order valence-electron chi connectivity index (χ2n) is 11.8. The second-order valence-corrected chi connectivity index (χ2v) is 16.9. The Morgan fingerprint density at radius 3 is 2.36 bits per heavy atom. The van der Waals surface area contributed by atoms with Crippen molar-refractivity contribution in [3.63, 3.8) is 0 Å². The number of aromatic nitrogens is 1. The molecule has 2 heterocycles. The summed E-state index contributed by atoms with van der Waals surface area (Å²) in [6.45, 7) is 11.6. The van der Waals surface area contributed by atoms with E-state index < -0.39 is 8.07 Å². The number of hydrogen-bond acceptors (Lipinski definition) is 1. The molecule has 5 aromatic rings. The molecule has 0 N–H and O–H groups in total. The lowest BCUT2D eigenvalue weighted by Crippen LogP contribution is -2.39. The predicted molar refractivity (Wildman–Crippen MR) is 151 cm³/mol. The van der Waals surface area contributed by atoms with Crippen LogP contribution >= 0.6 is 0 Å². The average molecular weight is 497 g/mol. The van der Waals surface area contributed by atoms with E-state index in [1.54, 1.807) is 0 Å². The SMILES string of the molecule is Cc1cc2c(oc3cc(F)ccc32)c(-c2cc(C3CCCC3)c3cc([Si](C)(C)C)ccc3[n+]2C)c1C. The van der Waals surface area contributed by atoms with Crippen LogP contribution in [0.4, 0.5) is 4.39 Å². The first kappa shape index (κ1) is 23.4. The Kier molecular flexibility index (Phi) is 5.38. The minimum atomic E-state index is -1.44. The molecule has 0 saturated heterocycles. The number of aryl methyl sites for hydroxylation is 2. The molecule has 0 radical (unpaired) electrons. The maximum Gasteiger partial charge on any atom is 0.217 e. The third-order valence-electron chi connectivity index (χ3n) is 8.48. The molecule has 0 aliphatic heterocycles. The summed E-state index contributed by atoms with van der Waals surface area (Å²) < 4.78 is 22.8. The van der Waals surface area contributed by atoms with Crippen molar-refractivity contribution in [3.05, 3.63) is 71.0 Å². The van der Waals surface area contributed by atoms with Crippen molar-refractivity contribution >= 4 is 46.1 Å². The summed E-state index contributed by atoms with van der Waals surface area (Å²) in [7, 11) is 0.742. The van der Waals surface area contributed by atoms with E-state index in [0.29, 0.717) is 11.5 Å². The molecule has 2 nitrogen and oxygen atoms in total. The van der Waals surface area contributed by atoms with Crippen LogP contribution in [0.15, 0.2) is 52.9 Å². The van der Waals surface area contributed by atoms with Crippen molar-refractivity contribution in [1.29, 1.82) is 0 Å². The highest BCUT2D eigenvalue weighted by atomic mass is 28.3. The molecule has 0 atom stereocenters. The molecule has 0 amide bonds. The maximum atomic E-state index is 14.1. The van der Waals surface area contributed by atoms with Gasteiger partial charge in [-0.15, -0.1) is 0 Å². The number of benzene rings is 3. The van der Waals surface area contributed by atoms with Crippen molar-refractivity contribution in [2.45, 2.75) is 65.1 Å². The molecular formula is C32H35FNOSi+. The molecule has 0 bridgehead atoms. The van der Waals surface area contributed by atoms with E-state index in [1.165, 1.54) is 76.3 Å². The molecule has 2 aromatic heterocycles. The summed E-state index contributed by atoms with van der Waals surface area (Å²) in [5.41, 5.74) is 8.95. The van der Waals surface area contributed by atoms with Gasteiger partial charge in [0.15, 0.2) is 0 Å². The second kappa shape index (κ2) is 8.27. The van der Waals surface area contributed by atoms with Crippen molar-refractivity contribution in [1.82, 2.24) is 0 Å². The first-order valence-electron chi connectivity index (χ1n) is 13.2. The third kappa shape index (κ3) is 3.61. The number of halogens is 1. The molecule has 1 fully saturated rings. The summed E-state index contributed by atoms with van der Waals surface area (Å²) in [4.78, 5) is 0. The van der Waals surface area contributed by atoms with E-state index in [-0.39, 0.29) is 5.82 Å². The fourth-order valence-corrected chi connectivity index (χ4v) is 7.37. The lowest BCUT2D eigenvalue weighted by atomic mass is 9.90. The molecule has 1 saturated carbocycles. The number of hydrogen-bond donors (Lipinski definition) is 0. The zero-order chi connectivity index (χ0) is 25.4. The number of fused-ring (bicyclic) bond motifs is 4. The van der Waals surface area contributed by atoms with E-state index in [1.807, 2.05) is 6.07 Å². The summed E-state index contributed by atoms with van der Waals surface area (Å²) in [5.74, 6) is 0.323. The Hall–Kier alpha value is -2.98. The molecular weight excluding hydrogens is 461 g/mol. The molecule has 1 aliphatic carbocycles. The van der Waals surface area contributed by atoms with Crippen LogP contribution in [0.2, 0.25) is 19.6 Å². The zero-order valence-electron chi connectivity index (χ0n) is 22.3. The summed E-state index contributed by atoms with van der Waals surface area (Å²) in [6, 6.07) is 16.7. The van der Waals surface area contributed by atoms with Crippen LogP contribution < -0.4 is 9.75 Å². The molecule has 6 rings (SSSR count). The minimum absolute atomic E-state index is 0.269. The first-order valence-corrected chi connectivity index (χ1v) is 16.7. The minimum Gasteiger partial charge on any atom is -0.455 e. The summed E-state index contributed by atoms with van der Waals surface area (Å²) >= 11 is 0. The zero-order valence-corrected chi connectivity index (χ0v) is 23.3. The van der Waals surface area contributed by atoms with E-state index in [4.69, 9.17) is 4.42 Å². The van der Waals surface area contributed by atoms with E-state index in [2.05, 4.69) is 75.4 Å². The highest BCUT2D eigenvalue weighted by Gasteiger charge is 2.29. The molecule has 36 heavy (non-hydrogen) atoms. The van der Waals surface area contributed by atoms with Gasteiger partial charge >= 0.3 is 0 Å². The van der Waals surface area contributed by atoms with Crippen LogP contribution in [0.25, 0.3) is 44.1 Å². The molecule has 0 spiro atoms. The van der Waals surface area contributed by atoms with Crippen molar-refractivity contribution in [2.75, 3.05) is 0 Å². The van der Waals surface area contributed by atoms with Gasteiger partial charge in [0, 0.05) is 34.4 Å². The fourth-order valence-electron chi connectivity index (χ4n) is 6.21. The monoisotopic (exact) mass is 496 g/mol. The van der Waals surface area contributed by atoms with Gasteiger partial charge in [-0.05, 0) is 73.6 Å². The predicted octanol–water partition coefficient (Wildman–Crippen LogP) is 8.19. The van der Waals surface area contributed by atoms with Gasteiger partial charge < -0.3 is 4.42 Å². The van der Waals surface area contributed by atoms with Gasteiger partial charge in [0.25, 0.3) is 0 Å². The Morgan fingerprint density at radius 1 is 0.889 bits per heavy atom. The number of furan rings is 1. The lowest BCUT2D eigenvalue weighted by molar-refractivity contribution is -0.633. The van der Waals surface area contributed by atoms with E-state index in [9.17, 15) is 4.39 Å². The third-order valence-corrected chi connectivity index (χ3v) is 10.5. The number of rotatable bonds is 3. The first-order chi connectivity index (χ1) is 17.1. The van der Waals surface area contributed by atoms with E-state index >= 15 is 0 Å². The van der Waals surface area contributed by atoms with Crippen LogP contribution in [0.5, 0.6) is 0 Å². The molecule has 0 unspecified atom stereocenters. The van der Waals surface area contributed by atoms with Crippen LogP contribution in [0, 0.1) is 19.7 Å². The summed E-state index contributed by atoms with van der Waals surface area (Å²) in [6.07, 6.45) is 5.12. The largest absolute Gasteiger partial charge is 0.455 e. The quantitative estimate of drug-likeness (QED) is 0.182. The van der Waals surface area contributed by atoms with Gasteiger partial charge in [-0.2, -0.15) is 4.57 Å². The van der Waals surface area contributed by atoms with Crippen molar-refractivity contribution in [3.8, 4) is 11.3 Å². The Morgan fingerprint density at radius 2 is 1.64 bits per heavy atom. The topological polar surface area (TPSA) is 17.0 Å². The normalized spacial score (nSPS) is 15.1.